The van der Waals surface area contributed by atoms with Crippen molar-refractivity contribution in [3.05, 3.63) is 69.8 Å². The van der Waals surface area contributed by atoms with Crippen LogP contribution in [0.4, 0.5) is 11.4 Å². The van der Waals surface area contributed by atoms with Gasteiger partial charge in [0, 0.05) is 11.9 Å². The smallest absolute Gasteiger partial charge is 0.335 e. The molecule has 0 spiro atoms. The maximum atomic E-state index is 12.1. The summed E-state index contributed by atoms with van der Waals surface area (Å²) in [5.74, 6) is -1.82. The molecule has 0 saturated carbocycles. The maximum absolute atomic E-state index is 12.1. The summed E-state index contributed by atoms with van der Waals surface area (Å²) in [5, 5.41) is 23.9. The standard InChI is InChI=1S/C17H11Cl2N3O3/c18-13-5-2-6-14(15(13)19)21-9-11(8-20)16(23)22-12-4-1-3-10(7-12)17(24)25/h1-7,9,21H,(H,22,23)(H,24,25)/b11-9-. The van der Waals surface area contributed by atoms with Crippen LogP contribution in [-0.4, -0.2) is 17.0 Å². The number of anilines is 2. The molecule has 0 bridgehead atoms. The zero-order valence-corrected chi connectivity index (χ0v) is 14.1. The molecule has 0 aliphatic heterocycles. The van der Waals surface area contributed by atoms with Gasteiger partial charge in [-0.1, -0.05) is 35.3 Å². The quantitative estimate of drug-likeness (QED) is 0.538. The van der Waals surface area contributed by atoms with Crippen molar-refractivity contribution in [2.24, 2.45) is 0 Å². The third-order valence-electron chi connectivity index (χ3n) is 3.06. The highest BCUT2D eigenvalue weighted by atomic mass is 35.5. The van der Waals surface area contributed by atoms with Gasteiger partial charge < -0.3 is 15.7 Å². The van der Waals surface area contributed by atoms with Crippen molar-refractivity contribution in [2.75, 3.05) is 10.6 Å². The Labute approximate surface area is 153 Å². The molecule has 0 radical (unpaired) electrons. The minimum absolute atomic E-state index is 0.0177. The molecule has 0 heterocycles. The van der Waals surface area contributed by atoms with Crippen molar-refractivity contribution in [1.82, 2.24) is 0 Å². The van der Waals surface area contributed by atoms with E-state index >= 15 is 0 Å². The van der Waals surface area contributed by atoms with E-state index in [0.717, 1.165) is 0 Å². The highest BCUT2D eigenvalue weighted by Gasteiger charge is 2.11. The fourth-order valence-corrected chi connectivity index (χ4v) is 2.20. The molecular weight excluding hydrogens is 365 g/mol. The third kappa shape index (κ3) is 4.73. The van der Waals surface area contributed by atoms with E-state index in [4.69, 9.17) is 33.6 Å². The summed E-state index contributed by atoms with van der Waals surface area (Å²) in [4.78, 5) is 23.1. The lowest BCUT2D eigenvalue weighted by atomic mass is 10.2. The van der Waals surface area contributed by atoms with E-state index in [9.17, 15) is 9.59 Å². The number of nitriles is 1. The molecule has 25 heavy (non-hydrogen) atoms. The third-order valence-corrected chi connectivity index (χ3v) is 3.87. The number of hydrogen-bond donors (Lipinski definition) is 3. The largest absolute Gasteiger partial charge is 0.478 e. The SMILES string of the molecule is N#C/C(=C/Nc1cccc(Cl)c1Cl)C(=O)Nc1cccc(C(=O)O)c1. The molecular formula is C17H11Cl2N3O3. The van der Waals surface area contributed by atoms with Crippen molar-refractivity contribution in [3.63, 3.8) is 0 Å². The van der Waals surface area contributed by atoms with Crippen LogP contribution in [-0.2, 0) is 4.79 Å². The Morgan fingerprint density at radius 2 is 1.88 bits per heavy atom. The number of nitrogens with one attached hydrogen (secondary N) is 2. The summed E-state index contributed by atoms with van der Waals surface area (Å²) in [6, 6.07) is 12.3. The normalized spacial score (nSPS) is 10.7. The Balaban J connectivity index is 2.16. The Bertz CT molecular complexity index is 904. The Hall–Kier alpha value is -3.01. The summed E-state index contributed by atoms with van der Waals surface area (Å²) in [6.45, 7) is 0. The molecule has 0 atom stereocenters. The van der Waals surface area contributed by atoms with E-state index in [-0.39, 0.29) is 21.8 Å². The molecule has 0 unspecified atom stereocenters. The van der Waals surface area contributed by atoms with Gasteiger partial charge in [0.2, 0.25) is 0 Å². The lowest BCUT2D eigenvalue weighted by Gasteiger charge is -2.07. The second-order valence-corrected chi connectivity index (χ2v) is 5.54. The summed E-state index contributed by atoms with van der Waals surface area (Å²) >= 11 is 11.9. The van der Waals surface area contributed by atoms with Crippen molar-refractivity contribution >= 4 is 46.5 Å². The topological polar surface area (TPSA) is 102 Å². The van der Waals surface area contributed by atoms with Crippen LogP contribution in [0.1, 0.15) is 10.4 Å². The lowest BCUT2D eigenvalue weighted by molar-refractivity contribution is -0.112. The predicted molar refractivity (Wildman–Crippen MR) is 95.8 cm³/mol. The van der Waals surface area contributed by atoms with Crippen molar-refractivity contribution in [3.8, 4) is 6.07 Å². The Morgan fingerprint density at radius 3 is 2.56 bits per heavy atom. The molecule has 0 aliphatic rings. The number of carboxylic acid groups (broad SMARTS) is 1. The predicted octanol–water partition coefficient (Wildman–Crippen LogP) is 4.15. The van der Waals surface area contributed by atoms with Crippen molar-refractivity contribution in [2.45, 2.75) is 0 Å². The number of amides is 1. The molecule has 8 heteroatoms. The van der Waals surface area contributed by atoms with Gasteiger partial charge in [0.05, 0.1) is 21.3 Å². The molecule has 3 N–H and O–H groups in total. The van der Waals surface area contributed by atoms with Gasteiger partial charge in [-0.2, -0.15) is 5.26 Å². The summed E-state index contributed by atoms with van der Waals surface area (Å²) in [5.41, 5.74) is 0.482. The average Bonchev–Trinajstić information content (AvgIpc) is 2.59. The minimum atomic E-state index is -1.12. The molecule has 1 amide bonds. The van der Waals surface area contributed by atoms with Gasteiger partial charge in [0.15, 0.2) is 0 Å². The molecule has 6 nitrogen and oxygen atoms in total. The van der Waals surface area contributed by atoms with Crippen LogP contribution in [0.15, 0.2) is 54.2 Å². The number of aromatic carboxylic acids is 1. The number of rotatable bonds is 5. The van der Waals surface area contributed by atoms with Crippen LogP contribution in [0.5, 0.6) is 0 Å². The van der Waals surface area contributed by atoms with Gasteiger partial charge in [0.25, 0.3) is 5.91 Å². The molecule has 0 saturated heterocycles. The number of carbonyl (C=O) groups is 2. The molecule has 0 fully saturated rings. The van der Waals surface area contributed by atoms with E-state index in [1.165, 1.54) is 30.5 Å². The fraction of sp³-hybridized carbons (Fsp3) is 0. The van der Waals surface area contributed by atoms with Gasteiger partial charge in [0.1, 0.15) is 11.6 Å². The monoisotopic (exact) mass is 375 g/mol. The second kappa shape index (κ2) is 8.20. The van der Waals surface area contributed by atoms with E-state index in [0.29, 0.717) is 10.7 Å². The lowest BCUT2D eigenvalue weighted by Crippen LogP contribution is -2.15. The number of carbonyl (C=O) groups excluding carboxylic acids is 1. The maximum Gasteiger partial charge on any atom is 0.335 e. The molecule has 126 valence electrons. The van der Waals surface area contributed by atoms with Crippen LogP contribution in [0.25, 0.3) is 0 Å². The Kier molecular flexibility index (Phi) is 6.01. The number of halogens is 2. The molecule has 2 aromatic rings. The summed E-state index contributed by atoms with van der Waals surface area (Å²) in [6.07, 6.45) is 1.19. The molecule has 0 aliphatic carbocycles. The number of hydrogen-bond acceptors (Lipinski definition) is 4. The van der Waals surface area contributed by atoms with Gasteiger partial charge in [-0.05, 0) is 30.3 Å². The second-order valence-electron chi connectivity index (χ2n) is 4.76. The first kappa shape index (κ1) is 18.3. The highest BCUT2D eigenvalue weighted by molar-refractivity contribution is 6.43. The van der Waals surface area contributed by atoms with Crippen molar-refractivity contribution < 1.29 is 14.7 Å². The van der Waals surface area contributed by atoms with Crippen LogP contribution in [0.3, 0.4) is 0 Å². The van der Waals surface area contributed by atoms with Crippen LogP contribution in [0.2, 0.25) is 10.0 Å². The van der Waals surface area contributed by atoms with Gasteiger partial charge in [-0.15, -0.1) is 0 Å². The zero-order chi connectivity index (χ0) is 18.4. The van der Waals surface area contributed by atoms with Gasteiger partial charge >= 0.3 is 5.97 Å². The first-order chi connectivity index (χ1) is 11.9. The first-order valence-corrected chi connectivity index (χ1v) is 7.63. The number of carboxylic acids is 1. The first-order valence-electron chi connectivity index (χ1n) is 6.88. The highest BCUT2D eigenvalue weighted by Crippen LogP contribution is 2.29. The van der Waals surface area contributed by atoms with E-state index in [1.54, 1.807) is 24.3 Å². The van der Waals surface area contributed by atoms with Crippen molar-refractivity contribution in [1.29, 1.82) is 5.26 Å². The van der Waals surface area contributed by atoms with Crippen LogP contribution in [0, 0.1) is 11.3 Å². The molecule has 2 rings (SSSR count). The molecule has 0 aromatic heterocycles. The van der Waals surface area contributed by atoms with E-state index in [2.05, 4.69) is 10.6 Å². The van der Waals surface area contributed by atoms with Crippen LogP contribution < -0.4 is 10.6 Å². The summed E-state index contributed by atoms with van der Waals surface area (Å²) < 4.78 is 0. The molecule has 2 aromatic carbocycles. The minimum Gasteiger partial charge on any atom is -0.478 e. The van der Waals surface area contributed by atoms with Gasteiger partial charge in [-0.25, -0.2) is 4.79 Å². The Morgan fingerprint density at radius 1 is 1.16 bits per heavy atom. The number of nitrogens with zero attached hydrogens (tertiary/aromatic N) is 1. The fourth-order valence-electron chi connectivity index (χ4n) is 1.84. The average molecular weight is 376 g/mol. The number of benzene rings is 2. The van der Waals surface area contributed by atoms with Crippen LogP contribution >= 0.6 is 23.2 Å². The van der Waals surface area contributed by atoms with E-state index in [1.807, 2.05) is 0 Å². The van der Waals surface area contributed by atoms with E-state index < -0.39 is 11.9 Å². The zero-order valence-electron chi connectivity index (χ0n) is 12.6. The summed E-state index contributed by atoms with van der Waals surface area (Å²) in [7, 11) is 0. The van der Waals surface area contributed by atoms with Gasteiger partial charge in [-0.3, -0.25) is 4.79 Å².